The Bertz CT molecular complexity index is 423. The summed E-state index contributed by atoms with van der Waals surface area (Å²) in [5.41, 5.74) is 0.703. The lowest BCUT2D eigenvalue weighted by molar-refractivity contribution is 0.752. The largest absolute Gasteiger partial charge is 0.313 e. The van der Waals surface area contributed by atoms with E-state index in [0.29, 0.717) is 17.2 Å². The maximum atomic E-state index is 5.93. The first-order chi connectivity index (χ1) is 6.31. The Balaban J connectivity index is 2.55. The van der Waals surface area contributed by atoms with Gasteiger partial charge in [-0.3, -0.25) is 0 Å². The first-order valence-corrected chi connectivity index (χ1v) is 4.33. The third-order valence-electron chi connectivity index (χ3n) is 1.69. The van der Waals surface area contributed by atoms with Crippen LogP contribution in [-0.4, -0.2) is 21.6 Å². The van der Waals surface area contributed by atoms with Crippen LogP contribution in [0.15, 0.2) is 18.3 Å². The van der Waals surface area contributed by atoms with Crippen molar-refractivity contribution in [2.75, 3.05) is 7.05 Å². The lowest BCUT2D eigenvalue weighted by Crippen LogP contribution is -2.06. The molecule has 0 atom stereocenters. The minimum Gasteiger partial charge on any atom is -0.313 e. The second-order valence-electron chi connectivity index (χ2n) is 2.68. The van der Waals surface area contributed by atoms with E-state index in [1.54, 1.807) is 10.6 Å². The number of nitrogens with one attached hydrogen (secondary N) is 1. The van der Waals surface area contributed by atoms with Crippen LogP contribution in [0.5, 0.6) is 0 Å². The summed E-state index contributed by atoms with van der Waals surface area (Å²) in [6.45, 7) is 0.651. The second kappa shape index (κ2) is 3.32. The minimum atomic E-state index is 0.623. The highest BCUT2D eigenvalue weighted by Crippen LogP contribution is 2.13. The highest BCUT2D eigenvalue weighted by atomic mass is 35.5. The highest BCUT2D eigenvalue weighted by Gasteiger charge is 2.04. The zero-order chi connectivity index (χ0) is 9.26. The number of pyridine rings is 1. The number of halogens is 1. The van der Waals surface area contributed by atoms with Crippen LogP contribution in [0.3, 0.4) is 0 Å². The molecule has 0 bridgehead atoms. The maximum Gasteiger partial charge on any atom is 0.174 e. The van der Waals surface area contributed by atoms with E-state index in [9.17, 15) is 0 Å². The van der Waals surface area contributed by atoms with Gasteiger partial charge in [-0.1, -0.05) is 11.6 Å². The van der Waals surface area contributed by atoms with Crippen molar-refractivity contribution in [1.29, 1.82) is 0 Å². The predicted octanol–water partition coefficient (Wildman–Crippen LogP) is 1.10. The molecule has 0 aliphatic heterocycles. The van der Waals surface area contributed by atoms with E-state index in [0.717, 1.165) is 5.82 Å². The van der Waals surface area contributed by atoms with E-state index in [1.165, 1.54) is 0 Å². The summed E-state index contributed by atoms with van der Waals surface area (Å²) < 4.78 is 1.68. The topological polar surface area (TPSA) is 42.2 Å². The Hall–Kier alpha value is -1.13. The molecule has 2 rings (SSSR count). The van der Waals surface area contributed by atoms with Crippen molar-refractivity contribution in [3.63, 3.8) is 0 Å². The fourth-order valence-corrected chi connectivity index (χ4v) is 1.35. The molecule has 0 unspecified atom stereocenters. The first-order valence-electron chi connectivity index (χ1n) is 3.95. The van der Waals surface area contributed by atoms with Crippen molar-refractivity contribution in [3.8, 4) is 0 Å². The summed E-state index contributed by atoms with van der Waals surface area (Å²) in [5, 5.41) is 7.83. The van der Waals surface area contributed by atoms with E-state index in [-0.39, 0.29) is 0 Å². The van der Waals surface area contributed by atoms with Crippen LogP contribution < -0.4 is 5.32 Å². The van der Waals surface area contributed by atoms with Crippen molar-refractivity contribution in [3.05, 3.63) is 29.2 Å². The van der Waals surface area contributed by atoms with Crippen LogP contribution in [-0.2, 0) is 6.54 Å². The summed E-state index contributed by atoms with van der Waals surface area (Å²) in [4.78, 5) is 4.26. The number of aromatic nitrogens is 3. The number of fused-ring (bicyclic) bond motifs is 1. The summed E-state index contributed by atoms with van der Waals surface area (Å²) >= 11 is 5.93. The molecule has 0 amide bonds. The Labute approximate surface area is 80.5 Å². The first kappa shape index (κ1) is 8.47. The molecule has 0 fully saturated rings. The summed E-state index contributed by atoms with van der Waals surface area (Å²) in [6.07, 6.45) is 1.83. The van der Waals surface area contributed by atoms with Crippen molar-refractivity contribution >= 4 is 17.2 Å². The van der Waals surface area contributed by atoms with Gasteiger partial charge in [0.2, 0.25) is 0 Å². The van der Waals surface area contributed by atoms with Gasteiger partial charge in [0.25, 0.3) is 0 Å². The van der Waals surface area contributed by atoms with Gasteiger partial charge < -0.3 is 5.32 Å². The van der Waals surface area contributed by atoms with E-state index in [4.69, 9.17) is 11.6 Å². The van der Waals surface area contributed by atoms with Gasteiger partial charge in [-0.2, -0.15) is 0 Å². The molecular weight excluding hydrogens is 188 g/mol. The molecule has 0 spiro atoms. The Kier molecular flexibility index (Phi) is 2.16. The summed E-state index contributed by atoms with van der Waals surface area (Å²) in [6, 6.07) is 3.64. The van der Waals surface area contributed by atoms with Crippen LogP contribution in [0, 0.1) is 0 Å². The third-order valence-corrected chi connectivity index (χ3v) is 1.99. The average Bonchev–Trinajstić information content (AvgIpc) is 2.49. The number of hydrogen-bond acceptors (Lipinski definition) is 3. The lowest BCUT2D eigenvalue weighted by Gasteiger charge is -1.90. The van der Waals surface area contributed by atoms with Gasteiger partial charge in [-0.25, -0.2) is 9.50 Å². The van der Waals surface area contributed by atoms with Gasteiger partial charge in [-0.15, -0.1) is 5.10 Å². The Morgan fingerprint density at radius 2 is 2.46 bits per heavy atom. The molecule has 2 aromatic rings. The standard InChI is InChI=1S/C8H9ClN4/c1-10-5-7-11-8-6(9)3-2-4-13(8)12-7/h2-4,10H,5H2,1H3. The molecule has 0 saturated heterocycles. The van der Waals surface area contributed by atoms with Crippen molar-refractivity contribution in [2.24, 2.45) is 0 Å². The molecule has 0 saturated carbocycles. The van der Waals surface area contributed by atoms with E-state index in [2.05, 4.69) is 15.4 Å². The van der Waals surface area contributed by atoms with Gasteiger partial charge in [0, 0.05) is 6.20 Å². The number of rotatable bonds is 2. The van der Waals surface area contributed by atoms with Gasteiger partial charge in [0.1, 0.15) is 0 Å². The fourth-order valence-electron chi connectivity index (χ4n) is 1.15. The monoisotopic (exact) mass is 196 g/mol. The predicted molar refractivity (Wildman–Crippen MR) is 50.8 cm³/mol. The molecule has 0 aliphatic carbocycles. The van der Waals surface area contributed by atoms with Gasteiger partial charge >= 0.3 is 0 Å². The van der Waals surface area contributed by atoms with Gasteiger partial charge in [0.05, 0.1) is 11.6 Å². The van der Waals surface area contributed by atoms with Crippen LogP contribution in [0.1, 0.15) is 5.82 Å². The summed E-state index contributed by atoms with van der Waals surface area (Å²) in [5.74, 6) is 0.746. The molecule has 0 aromatic carbocycles. The molecule has 0 aliphatic rings. The molecular formula is C8H9ClN4. The van der Waals surface area contributed by atoms with Crippen molar-refractivity contribution in [2.45, 2.75) is 6.54 Å². The second-order valence-corrected chi connectivity index (χ2v) is 3.09. The van der Waals surface area contributed by atoms with E-state index >= 15 is 0 Å². The molecule has 1 N–H and O–H groups in total. The van der Waals surface area contributed by atoms with Crippen molar-refractivity contribution in [1.82, 2.24) is 19.9 Å². The molecule has 2 aromatic heterocycles. The molecule has 5 heteroatoms. The lowest BCUT2D eigenvalue weighted by atomic mass is 10.5. The van der Waals surface area contributed by atoms with Gasteiger partial charge in [-0.05, 0) is 19.2 Å². The third kappa shape index (κ3) is 1.50. The smallest absolute Gasteiger partial charge is 0.174 e. The fraction of sp³-hybridized carbons (Fsp3) is 0.250. The van der Waals surface area contributed by atoms with E-state index < -0.39 is 0 Å². The van der Waals surface area contributed by atoms with Gasteiger partial charge in [0.15, 0.2) is 11.5 Å². The Morgan fingerprint density at radius 3 is 3.15 bits per heavy atom. The van der Waals surface area contributed by atoms with Crippen LogP contribution in [0.25, 0.3) is 5.65 Å². The molecule has 13 heavy (non-hydrogen) atoms. The van der Waals surface area contributed by atoms with Crippen LogP contribution in [0.2, 0.25) is 5.02 Å². The number of nitrogens with zero attached hydrogens (tertiary/aromatic N) is 3. The summed E-state index contributed by atoms with van der Waals surface area (Å²) in [7, 11) is 1.85. The number of hydrogen-bond donors (Lipinski definition) is 1. The highest BCUT2D eigenvalue weighted by molar-refractivity contribution is 6.33. The molecule has 4 nitrogen and oxygen atoms in total. The van der Waals surface area contributed by atoms with Crippen molar-refractivity contribution < 1.29 is 0 Å². The SMILES string of the molecule is CNCc1nc2c(Cl)cccn2n1. The minimum absolute atomic E-state index is 0.623. The Morgan fingerprint density at radius 1 is 1.62 bits per heavy atom. The quantitative estimate of drug-likeness (QED) is 0.782. The van der Waals surface area contributed by atoms with Crippen LogP contribution in [0.4, 0.5) is 0 Å². The molecule has 68 valence electrons. The molecule has 0 radical (unpaired) electrons. The zero-order valence-corrected chi connectivity index (χ0v) is 7.91. The normalized spacial score (nSPS) is 10.9. The van der Waals surface area contributed by atoms with E-state index in [1.807, 2.05) is 19.3 Å². The van der Waals surface area contributed by atoms with Crippen LogP contribution >= 0.6 is 11.6 Å². The maximum absolute atomic E-state index is 5.93. The zero-order valence-electron chi connectivity index (χ0n) is 7.16. The molecule has 2 heterocycles. The average molecular weight is 197 g/mol.